The molecule has 23 heavy (non-hydrogen) atoms. The van der Waals surface area contributed by atoms with Gasteiger partial charge >= 0.3 is 0 Å². The molecule has 2 N–H and O–H groups in total. The number of benzene rings is 1. The van der Waals surface area contributed by atoms with E-state index in [-0.39, 0.29) is 0 Å². The van der Waals surface area contributed by atoms with Crippen molar-refractivity contribution in [1.82, 2.24) is 15.6 Å². The summed E-state index contributed by atoms with van der Waals surface area (Å²) in [5, 5.41) is 9.74. The number of anilines is 1. The van der Waals surface area contributed by atoms with Crippen molar-refractivity contribution in [1.29, 1.82) is 0 Å². The van der Waals surface area contributed by atoms with E-state index in [0.717, 1.165) is 23.3 Å². The van der Waals surface area contributed by atoms with Gasteiger partial charge in [-0.25, -0.2) is 4.98 Å². The molecule has 5 nitrogen and oxygen atoms in total. The minimum Gasteiger partial charge on any atom is -0.354 e. The van der Waals surface area contributed by atoms with E-state index in [0.29, 0.717) is 6.54 Å². The maximum Gasteiger partial charge on any atom is 0.191 e. The van der Waals surface area contributed by atoms with Gasteiger partial charge in [-0.15, -0.1) is 11.3 Å². The lowest BCUT2D eigenvalue weighted by molar-refractivity contribution is 0.795. The Morgan fingerprint density at radius 1 is 1.22 bits per heavy atom. The molecular weight excluding hydrogens is 306 g/mol. The standard InChI is InChI=1S/C17H25N5S/c1-12-6-7-14(13(2)8-12)9-19-16(18-3)20-10-15-11-23-17(21-15)22(4)5/h6-8,11H,9-10H2,1-5H3,(H2,18,19,20). The summed E-state index contributed by atoms with van der Waals surface area (Å²) in [7, 11) is 5.78. The van der Waals surface area contributed by atoms with E-state index < -0.39 is 0 Å². The van der Waals surface area contributed by atoms with E-state index >= 15 is 0 Å². The van der Waals surface area contributed by atoms with Crippen molar-refractivity contribution in [3.63, 3.8) is 0 Å². The average Bonchev–Trinajstić information content (AvgIpc) is 2.98. The van der Waals surface area contributed by atoms with Gasteiger partial charge < -0.3 is 15.5 Å². The normalized spacial score (nSPS) is 11.4. The Morgan fingerprint density at radius 3 is 2.57 bits per heavy atom. The molecule has 2 rings (SSSR count). The highest BCUT2D eigenvalue weighted by atomic mass is 32.1. The molecule has 0 bridgehead atoms. The molecule has 0 saturated carbocycles. The second-order valence-electron chi connectivity index (χ2n) is 5.73. The number of guanidine groups is 1. The zero-order valence-corrected chi connectivity index (χ0v) is 15.3. The van der Waals surface area contributed by atoms with Crippen molar-refractivity contribution in [2.75, 3.05) is 26.0 Å². The van der Waals surface area contributed by atoms with Gasteiger partial charge in [0.2, 0.25) is 0 Å². The Labute approximate surface area is 142 Å². The molecule has 0 aliphatic heterocycles. The second-order valence-corrected chi connectivity index (χ2v) is 6.56. The number of rotatable bonds is 5. The smallest absolute Gasteiger partial charge is 0.191 e. The number of aromatic nitrogens is 1. The fraction of sp³-hybridized carbons (Fsp3) is 0.412. The first-order chi connectivity index (χ1) is 11.0. The van der Waals surface area contributed by atoms with Crippen LogP contribution in [0, 0.1) is 13.8 Å². The van der Waals surface area contributed by atoms with E-state index in [9.17, 15) is 0 Å². The molecular formula is C17H25N5S. The van der Waals surface area contributed by atoms with E-state index in [1.54, 1.807) is 18.4 Å². The summed E-state index contributed by atoms with van der Waals surface area (Å²) in [6, 6.07) is 6.50. The number of aryl methyl sites for hydroxylation is 2. The summed E-state index contributed by atoms with van der Waals surface area (Å²) in [5.41, 5.74) is 4.88. The van der Waals surface area contributed by atoms with E-state index in [1.165, 1.54) is 16.7 Å². The number of nitrogens with zero attached hydrogens (tertiary/aromatic N) is 3. The first-order valence-corrected chi connectivity index (χ1v) is 8.50. The van der Waals surface area contributed by atoms with Crippen LogP contribution in [0.4, 0.5) is 5.13 Å². The summed E-state index contributed by atoms with van der Waals surface area (Å²) in [6.07, 6.45) is 0. The van der Waals surface area contributed by atoms with Gasteiger partial charge in [0.25, 0.3) is 0 Å². The van der Waals surface area contributed by atoms with Crippen LogP contribution >= 0.6 is 11.3 Å². The van der Waals surface area contributed by atoms with Crippen LogP contribution in [-0.4, -0.2) is 32.1 Å². The van der Waals surface area contributed by atoms with Crippen LogP contribution in [0.15, 0.2) is 28.6 Å². The Bertz CT molecular complexity index is 675. The third kappa shape index (κ3) is 4.96. The number of nitrogens with one attached hydrogen (secondary N) is 2. The van der Waals surface area contributed by atoms with Gasteiger partial charge in [0, 0.05) is 33.1 Å². The monoisotopic (exact) mass is 331 g/mol. The van der Waals surface area contributed by atoms with Crippen molar-refractivity contribution in [2.45, 2.75) is 26.9 Å². The maximum absolute atomic E-state index is 4.56. The van der Waals surface area contributed by atoms with Crippen molar-refractivity contribution >= 4 is 22.4 Å². The van der Waals surface area contributed by atoms with Gasteiger partial charge in [-0.2, -0.15) is 0 Å². The minimum absolute atomic E-state index is 0.664. The Balaban J connectivity index is 1.88. The van der Waals surface area contributed by atoms with E-state index in [2.05, 4.69) is 58.0 Å². The lowest BCUT2D eigenvalue weighted by Gasteiger charge is -2.13. The van der Waals surface area contributed by atoms with Crippen molar-refractivity contribution in [3.8, 4) is 0 Å². The summed E-state index contributed by atoms with van der Waals surface area (Å²) in [4.78, 5) is 10.8. The van der Waals surface area contributed by atoms with Crippen molar-refractivity contribution < 1.29 is 0 Å². The SMILES string of the molecule is CN=C(NCc1csc(N(C)C)n1)NCc1ccc(C)cc1C. The van der Waals surface area contributed by atoms with Gasteiger partial charge in [-0.1, -0.05) is 23.8 Å². The Morgan fingerprint density at radius 2 is 1.96 bits per heavy atom. The van der Waals surface area contributed by atoms with Gasteiger partial charge in [-0.3, -0.25) is 4.99 Å². The summed E-state index contributed by atoms with van der Waals surface area (Å²) in [6.45, 7) is 5.67. The van der Waals surface area contributed by atoms with Crippen molar-refractivity contribution in [3.05, 3.63) is 46.0 Å². The van der Waals surface area contributed by atoms with Gasteiger partial charge in [0.15, 0.2) is 11.1 Å². The fourth-order valence-corrected chi connectivity index (χ4v) is 2.96. The number of hydrogen-bond acceptors (Lipinski definition) is 4. The van der Waals surface area contributed by atoms with Crippen LogP contribution in [0.3, 0.4) is 0 Å². The highest BCUT2D eigenvalue weighted by Gasteiger charge is 2.05. The first kappa shape index (κ1) is 17.3. The second kappa shape index (κ2) is 7.97. The molecule has 0 unspecified atom stereocenters. The molecule has 0 fully saturated rings. The molecule has 0 spiro atoms. The summed E-state index contributed by atoms with van der Waals surface area (Å²) >= 11 is 1.64. The minimum atomic E-state index is 0.664. The van der Waals surface area contributed by atoms with Crippen LogP contribution in [0.1, 0.15) is 22.4 Å². The summed E-state index contributed by atoms with van der Waals surface area (Å²) < 4.78 is 0. The molecule has 0 aliphatic rings. The average molecular weight is 331 g/mol. The lowest BCUT2D eigenvalue weighted by atomic mass is 10.1. The van der Waals surface area contributed by atoms with E-state index in [1.807, 2.05) is 19.0 Å². The first-order valence-electron chi connectivity index (χ1n) is 7.62. The molecule has 0 aliphatic carbocycles. The lowest BCUT2D eigenvalue weighted by Crippen LogP contribution is -2.36. The molecule has 2 aromatic rings. The van der Waals surface area contributed by atoms with Crippen LogP contribution < -0.4 is 15.5 Å². The molecule has 1 aromatic heterocycles. The third-order valence-electron chi connectivity index (χ3n) is 3.53. The van der Waals surface area contributed by atoms with Crippen LogP contribution in [0.25, 0.3) is 0 Å². The molecule has 0 amide bonds. The van der Waals surface area contributed by atoms with Crippen LogP contribution in [-0.2, 0) is 13.1 Å². The van der Waals surface area contributed by atoms with Gasteiger partial charge in [-0.05, 0) is 25.0 Å². The summed E-state index contributed by atoms with van der Waals surface area (Å²) in [5.74, 6) is 0.782. The van der Waals surface area contributed by atoms with Gasteiger partial charge in [0.05, 0.1) is 12.2 Å². The zero-order chi connectivity index (χ0) is 16.8. The third-order valence-corrected chi connectivity index (χ3v) is 4.58. The molecule has 6 heteroatoms. The van der Waals surface area contributed by atoms with Crippen LogP contribution in [0.2, 0.25) is 0 Å². The topological polar surface area (TPSA) is 52.6 Å². The van der Waals surface area contributed by atoms with Crippen molar-refractivity contribution in [2.24, 2.45) is 4.99 Å². The van der Waals surface area contributed by atoms with Crippen LogP contribution in [0.5, 0.6) is 0 Å². The molecule has 0 radical (unpaired) electrons. The zero-order valence-electron chi connectivity index (χ0n) is 14.5. The molecule has 0 atom stereocenters. The predicted octanol–water partition coefficient (Wildman–Crippen LogP) is 2.69. The van der Waals surface area contributed by atoms with E-state index in [4.69, 9.17) is 0 Å². The Hall–Kier alpha value is -2.08. The molecule has 1 heterocycles. The quantitative estimate of drug-likeness (QED) is 0.653. The largest absolute Gasteiger partial charge is 0.354 e. The molecule has 0 saturated heterocycles. The number of aliphatic imine (C=N–C) groups is 1. The molecule has 1 aromatic carbocycles. The number of thiazole rings is 1. The Kier molecular flexibility index (Phi) is 5.98. The maximum atomic E-state index is 4.56. The highest BCUT2D eigenvalue weighted by molar-refractivity contribution is 7.13. The van der Waals surface area contributed by atoms with Gasteiger partial charge in [0.1, 0.15) is 0 Å². The fourth-order valence-electron chi connectivity index (χ4n) is 2.20. The predicted molar refractivity (Wildman–Crippen MR) is 99.4 cm³/mol. The highest BCUT2D eigenvalue weighted by Crippen LogP contribution is 2.17. The molecule has 124 valence electrons. The number of hydrogen-bond donors (Lipinski definition) is 2.